The number of nitrogens with zero attached hydrogens (tertiary/aromatic N) is 2. The van der Waals surface area contributed by atoms with E-state index in [0.29, 0.717) is 9.75 Å². The molecule has 0 amide bonds. The van der Waals surface area contributed by atoms with Gasteiger partial charge in [-0.3, -0.25) is 29.8 Å². The largest absolute Gasteiger partial charge is 0.288 e. The lowest BCUT2D eigenvalue weighted by atomic mass is 10.1. The van der Waals surface area contributed by atoms with Crippen molar-refractivity contribution in [1.29, 1.82) is 0 Å². The predicted octanol–water partition coefficient (Wildman–Crippen LogP) is 4.03. The van der Waals surface area contributed by atoms with Gasteiger partial charge in [0.15, 0.2) is 0 Å². The number of ketones is 2. The zero-order valence-electron chi connectivity index (χ0n) is 13.5. The van der Waals surface area contributed by atoms with Gasteiger partial charge in [-0.2, -0.15) is 0 Å². The second-order valence-electron chi connectivity index (χ2n) is 5.43. The number of hydrogen-bond acceptors (Lipinski definition) is 7. The van der Waals surface area contributed by atoms with Crippen molar-refractivity contribution >= 4 is 34.3 Å². The van der Waals surface area contributed by atoms with E-state index in [1.54, 1.807) is 0 Å². The molecular formula is C18H10N2O6S. The molecule has 3 rings (SSSR count). The number of nitro benzene ring substituents is 2. The number of rotatable bonds is 6. The molecule has 134 valence electrons. The minimum absolute atomic E-state index is 0.119. The lowest BCUT2D eigenvalue weighted by Crippen LogP contribution is -2.00. The fourth-order valence-corrected chi connectivity index (χ4v) is 3.27. The molecule has 1 heterocycles. The first-order chi connectivity index (χ1) is 12.9. The van der Waals surface area contributed by atoms with Crippen molar-refractivity contribution in [3.63, 3.8) is 0 Å². The molecule has 0 saturated carbocycles. The summed E-state index contributed by atoms with van der Waals surface area (Å²) in [4.78, 5) is 45.8. The molecule has 8 nitrogen and oxygen atoms in total. The van der Waals surface area contributed by atoms with Crippen LogP contribution < -0.4 is 0 Å². The Kier molecular flexibility index (Phi) is 4.86. The molecule has 3 aromatic rings. The zero-order chi connectivity index (χ0) is 19.6. The average molecular weight is 382 g/mol. The summed E-state index contributed by atoms with van der Waals surface area (Å²) in [7, 11) is 0. The van der Waals surface area contributed by atoms with Crippen molar-refractivity contribution in [2.24, 2.45) is 0 Å². The standard InChI is InChI=1S/C18H10N2O6S/c21-17(11-1-5-13(6-2-11)19(23)24)15-9-10-16(27-15)18(22)12-3-7-14(8-4-12)20(25)26/h1-10H. The molecule has 0 aliphatic heterocycles. The number of hydrogen-bond donors (Lipinski definition) is 0. The van der Waals surface area contributed by atoms with Crippen LogP contribution in [-0.4, -0.2) is 21.4 Å². The maximum Gasteiger partial charge on any atom is 0.269 e. The van der Waals surface area contributed by atoms with Crippen LogP contribution in [0, 0.1) is 20.2 Å². The summed E-state index contributed by atoms with van der Waals surface area (Å²) < 4.78 is 0. The molecule has 9 heteroatoms. The van der Waals surface area contributed by atoms with Crippen molar-refractivity contribution in [3.05, 3.63) is 102 Å². The Labute approximate surface area is 156 Å². The molecule has 0 aliphatic rings. The van der Waals surface area contributed by atoms with E-state index in [1.165, 1.54) is 60.7 Å². The van der Waals surface area contributed by atoms with Crippen LogP contribution >= 0.6 is 11.3 Å². The van der Waals surface area contributed by atoms with E-state index < -0.39 is 9.85 Å². The Hall–Kier alpha value is -3.72. The van der Waals surface area contributed by atoms with E-state index in [-0.39, 0.29) is 34.1 Å². The molecule has 0 aliphatic carbocycles. The topological polar surface area (TPSA) is 120 Å². The van der Waals surface area contributed by atoms with Gasteiger partial charge in [-0.1, -0.05) is 0 Å². The first kappa shape index (κ1) is 18.1. The zero-order valence-corrected chi connectivity index (χ0v) is 14.3. The van der Waals surface area contributed by atoms with Crippen molar-refractivity contribution in [3.8, 4) is 0 Å². The fraction of sp³-hybridized carbons (Fsp3) is 0. The van der Waals surface area contributed by atoms with Crippen molar-refractivity contribution in [2.45, 2.75) is 0 Å². The van der Waals surface area contributed by atoms with E-state index >= 15 is 0 Å². The van der Waals surface area contributed by atoms with Crippen LogP contribution in [0.1, 0.15) is 30.5 Å². The van der Waals surface area contributed by atoms with Gasteiger partial charge in [0.1, 0.15) is 0 Å². The maximum absolute atomic E-state index is 12.5. The summed E-state index contributed by atoms with van der Waals surface area (Å²) in [6, 6.07) is 13.4. The van der Waals surface area contributed by atoms with Gasteiger partial charge < -0.3 is 0 Å². The summed E-state index contributed by atoms with van der Waals surface area (Å²) >= 11 is 0.993. The lowest BCUT2D eigenvalue weighted by molar-refractivity contribution is -0.385. The molecule has 0 radical (unpaired) electrons. The molecule has 2 aromatic carbocycles. The normalized spacial score (nSPS) is 10.4. The van der Waals surface area contributed by atoms with E-state index in [0.717, 1.165) is 11.3 Å². The predicted molar refractivity (Wildman–Crippen MR) is 97.4 cm³/mol. The van der Waals surface area contributed by atoms with Gasteiger partial charge in [-0.25, -0.2) is 0 Å². The van der Waals surface area contributed by atoms with Gasteiger partial charge in [0.25, 0.3) is 11.4 Å². The molecular weight excluding hydrogens is 372 g/mol. The number of thiophene rings is 1. The minimum Gasteiger partial charge on any atom is -0.288 e. The SMILES string of the molecule is O=C(c1ccc([N+](=O)[O-])cc1)c1ccc(C(=O)c2ccc([N+](=O)[O-])cc2)s1. The van der Waals surface area contributed by atoms with Crippen LogP contribution in [0.4, 0.5) is 11.4 Å². The van der Waals surface area contributed by atoms with Crippen molar-refractivity contribution < 1.29 is 19.4 Å². The first-order valence-corrected chi connectivity index (χ1v) is 8.36. The van der Waals surface area contributed by atoms with Gasteiger partial charge in [-0.15, -0.1) is 11.3 Å². The van der Waals surface area contributed by atoms with Crippen molar-refractivity contribution in [2.75, 3.05) is 0 Å². The Bertz CT molecular complexity index is 970. The number of carbonyl (C=O) groups excluding carboxylic acids is 2. The third kappa shape index (κ3) is 3.77. The highest BCUT2D eigenvalue weighted by Gasteiger charge is 2.18. The van der Waals surface area contributed by atoms with Crippen LogP contribution in [0.15, 0.2) is 60.7 Å². The Balaban J connectivity index is 1.81. The summed E-state index contributed by atoms with van der Waals surface area (Å²) in [5, 5.41) is 21.3. The van der Waals surface area contributed by atoms with Crippen LogP contribution in [0.2, 0.25) is 0 Å². The van der Waals surface area contributed by atoms with Crippen LogP contribution in [0.25, 0.3) is 0 Å². The smallest absolute Gasteiger partial charge is 0.269 e. The molecule has 0 fully saturated rings. The average Bonchev–Trinajstić information content (AvgIpc) is 3.17. The number of non-ortho nitro benzene ring substituents is 2. The van der Waals surface area contributed by atoms with Gasteiger partial charge >= 0.3 is 0 Å². The monoisotopic (exact) mass is 382 g/mol. The highest BCUT2D eigenvalue weighted by molar-refractivity contribution is 7.16. The quantitative estimate of drug-likeness (QED) is 0.360. The molecule has 27 heavy (non-hydrogen) atoms. The maximum atomic E-state index is 12.5. The summed E-state index contributed by atoms with van der Waals surface area (Å²) in [5.74, 6) is -0.699. The lowest BCUT2D eigenvalue weighted by Gasteiger charge is -1.99. The first-order valence-electron chi connectivity index (χ1n) is 7.55. The summed E-state index contributed by atoms with van der Waals surface area (Å²) in [6.45, 7) is 0. The van der Waals surface area contributed by atoms with Crippen LogP contribution in [0.3, 0.4) is 0 Å². The van der Waals surface area contributed by atoms with Crippen molar-refractivity contribution in [1.82, 2.24) is 0 Å². The van der Waals surface area contributed by atoms with E-state index in [2.05, 4.69) is 0 Å². The van der Waals surface area contributed by atoms with Crippen LogP contribution in [0.5, 0.6) is 0 Å². The number of nitro groups is 2. The van der Waals surface area contributed by atoms with Crippen LogP contribution in [-0.2, 0) is 0 Å². The minimum atomic E-state index is -0.555. The second kappa shape index (κ2) is 7.26. The molecule has 1 aromatic heterocycles. The van der Waals surface area contributed by atoms with Gasteiger partial charge in [0.05, 0.1) is 19.6 Å². The van der Waals surface area contributed by atoms with E-state index in [4.69, 9.17) is 0 Å². The molecule has 0 bridgehead atoms. The summed E-state index contributed by atoms with van der Waals surface area (Å²) in [6.07, 6.45) is 0. The number of carbonyl (C=O) groups is 2. The molecule has 0 saturated heterocycles. The Morgan fingerprint density at radius 2 is 0.963 bits per heavy atom. The molecule has 0 unspecified atom stereocenters. The Morgan fingerprint density at radius 1 is 0.630 bits per heavy atom. The van der Waals surface area contributed by atoms with Gasteiger partial charge in [0, 0.05) is 35.4 Å². The summed E-state index contributed by atoms with van der Waals surface area (Å²) in [5.41, 5.74) is 0.312. The van der Waals surface area contributed by atoms with Gasteiger partial charge in [-0.05, 0) is 36.4 Å². The number of benzene rings is 2. The van der Waals surface area contributed by atoms with Gasteiger partial charge in [0.2, 0.25) is 11.6 Å². The molecule has 0 N–H and O–H groups in total. The Morgan fingerprint density at radius 3 is 1.26 bits per heavy atom. The third-order valence-electron chi connectivity index (χ3n) is 3.73. The van der Waals surface area contributed by atoms with E-state index in [9.17, 15) is 29.8 Å². The second-order valence-corrected chi connectivity index (χ2v) is 6.51. The molecule has 0 spiro atoms. The van der Waals surface area contributed by atoms with E-state index in [1.807, 2.05) is 0 Å². The highest BCUT2D eigenvalue weighted by atomic mass is 32.1. The third-order valence-corrected chi connectivity index (χ3v) is 4.82. The fourth-order valence-electron chi connectivity index (χ4n) is 2.34. The highest BCUT2D eigenvalue weighted by Crippen LogP contribution is 2.24. The molecule has 0 atom stereocenters.